The van der Waals surface area contributed by atoms with Crippen molar-refractivity contribution in [2.75, 3.05) is 11.5 Å². The molecule has 2 fully saturated rings. The minimum Gasteiger partial charge on any atom is -0.266 e. The van der Waals surface area contributed by atoms with Crippen molar-refractivity contribution in [2.24, 2.45) is 11.8 Å². The average Bonchev–Trinajstić information content (AvgIpc) is 2.50. The first-order chi connectivity index (χ1) is 7.69. The van der Waals surface area contributed by atoms with E-state index in [1.807, 2.05) is 0 Å². The van der Waals surface area contributed by atoms with Crippen molar-refractivity contribution in [1.29, 1.82) is 0 Å². The number of hydrogen-bond donors (Lipinski definition) is 0. The van der Waals surface area contributed by atoms with E-state index in [4.69, 9.17) is 8.37 Å². The lowest BCUT2D eigenvalue weighted by Crippen LogP contribution is -2.25. The number of rotatable bonds is 2. The van der Waals surface area contributed by atoms with Crippen molar-refractivity contribution in [1.82, 2.24) is 0 Å². The third-order valence-electron chi connectivity index (χ3n) is 3.21. The highest BCUT2D eigenvalue weighted by Crippen LogP contribution is 2.32. The molecule has 8 heteroatoms. The van der Waals surface area contributed by atoms with Gasteiger partial charge in [-0.25, -0.2) is 0 Å². The molecule has 0 radical (unpaired) electrons. The summed E-state index contributed by atoms with van der Waals surface area (Å²) >= 11 is 0. The van der Waals surface area contributed by atoms with E-state index in [2.05, 4.69) is 0 Å². The average molecular weight is 284 g/mol. The van der Waals surface area contributed by atoms with Gasteiger partial charge in [0.15, 0.2) is 0 Å². The molecule has 0 aliphatic carbocycles. The van der Waals surface area contributed by atoms with E-state index >= 15 is 0 Å². The lowest BCUT2D eigenvalue weighted by atomic mass is 9.95. The first-order valence-corrected chi connectivity index (χ1v) is 8.66. The van der Waals surface area contributed by atoms with Crippen molar-refractivity contribution >= 4 is 20.2 Å². The molecule has 0 bridgehead atoms. The molecule has 6 nitrogen and oxygen atoms in total. The fraction of sp³-hybridized carbons (Fsp3) is 1.00. The first-order valence-electron chi connectivity index (χ1n) is 5.50. The molecule has 17 heavy (non-hydrogen) atoms. The Morgan fingerprint density at radius 1 is 0.882 bits per heavy atom. The molecule has 0 amide bonds. The topological polar surface area (TPSA) is 86.7 Å². The van der Waals surface area contributed by atoms with Crippen LogP contribution in [0.25, 0.3) is 0 Å². The summed E-state index contributed by atoms with van der Waals surface area (Å²) in [4.78, 5) is 0. The highest BCUT2D eigenvalue weighted by atomic mass is 32.2. The monoisotopic (exact) mass is 284 g/mol. The van der Waals surface area contributed by atoms with E-state index in [0.717, 1.165) is 0 Å². The van der Waals surface area contributed by atoms with Gasteiger partial charge in [-0.15, -0.1) is 0 Å². The Morgan fingerprint density at radius 2 is 1.24 bits per heavy atom. The standard InChI is InChI=1S/C9H16O6S2/c1-6-4-16(10,11)14-8(6)3-9-7(2)5-17(12,13)15-9/h6-9H,3-5H2,1-2H3. The molecule has 0 spiro atoms. The second-order valence-electron chi connectivity index (χ2n) is 4.91. The Kier molecular flexibility index (Phi) is 3.26. The zero-order chi connectivity index (χ0) is 12.8. The Hall–Kier alpha value is -0.180. The van der Waals surface area contributed by atoms with Crippen molar-refractivity contribution in [3.63, 3.8) is 0 Å². The van der Waals surface area contributed by atoms with Crippen LogP contribution in [0.1, 0.15) is 20.3 Å². The maximum absolute atomic E-state index is 11.3. The zero-order valence-corrected chi connectivity index (χ0v) is 11.3. The third kappa shape index (κ3) is 2.98. The minimum atomic E-state index is -3.44. The summed E-state index contributed by atoms with van der Waals surface area (Å²) in [5, 5.41) is 0. The Morgan fingerprint density at radius 3 is 1.47 bits per heavy atom. The largest absolute Gasteiger partial charge is 0.267 e. The summed E-state index contributed by atoms with van der Waals surface area (Å²) in [7, 11) is -6.88. The van der Waals surface area contributed by atoms with E-state index in [9.17, 15) is 16.8 Å². The van der Waals surface area contributed by atoms with Crippen LogP contribution in [0, 0.1) is 11.8 Å². The van der Waals surface area contributed by atoms with Crippen molar-refractivity contribution in [3.8, 4) is 0 Å². The van der Waals surface area contributed by atoms with Crippen molar-refractivity contribution in [2.45, 2.75) is 32.5 Å². The molecular formula is C9H16O6S2. The van der Waals surface area contributed by atoms with Gasteiger partial charge in [0, 0.05) is 18.3 Å². The second-order valence-corrected chi connectivity index (χ2v) is 8.19. The maximum atomic E-state index is 11.3. The fourth-order valence-corrected chi connectivity index (χ4v) is 5.44. The molecule has 0 N–H and O–H groups in total. The summed E-state index contributed by atoms with van der Waals surface area (Å²) in [5.41, 5.74) is 0. The zero-order valence-electron chi connectivity index (χ0n) is 9.70. The summed E-state index contributed by atoms with van der Waals surface area (Å²) < 4.78 is 54.9. The fourth-order valence-electron chi connectivity index (χ4n) is 2.28. The first kappa shape index (κ1) is 13.3. The quantitative estimate of drug-likeness (QED) is 0.669. The van der Waals surface area contributed by atoms with Crippen LogP contribution in [-0.4, -0.2) is 40.5 Å². The summed E-state index contributed by atoms with van der Waals surface area (Å²) in [6, 6.07) is 0. The lowest BCUT2D eigenvalue weighted by Gasteiger charge is -2.18. The van der Waals surface area contributed by atoms with E-state index in [1.165, 1.54) is 0 Å². The predicted molar refractivity (Wildman–Crippen MR) is 60.3 cm³/mol. The van der Waals surface area contributed by atoms with Gasteiger partial charge in [-0.1, -0.05) is 13.8 Å². The second kappa shape index (κ2) is 4.18. The van der Waals surface area contributed by atoms with Gasteiger partial charge in [0.25, 0.3) is 20.2 Å². The van der Waals surface area contributed by atoms with Gasteiger partial charge >= 0.3 is 0 Å². The summed E-state index contributed by atoms with van der Waals surface area (Å²) in [6.45, 7) is 3.56. The SMILES string of the molecule is CC1CS(=O)(=O)OC1CC1OS(=O)(=O)CC1C. The van der Waals surface area contributed by atoms with Crippen LogP contribution in [0.15, 0.2) is 0 Å². The minimum absolute atomic E-state index is 0.00842. The van der Waals surface area contributed by atoms with Crippen LogP contribution in [0.2, 0.25) is 0 Å². The van der Waals surface area contributed by atoms with Crippen LogP contribution in [0.3, 0.4) is 0 Å². The highest BCUT2D eigenvalue weighted by Gasteiger charge is 2.42. The van der Waals surface area contributed by atoms with Crippen LogP contribution in [0.5, 0.6) is 0 Å². The molecule has 2 aliphatic heterocycles. The molecule has 0 aromatic carbocycles. The van der Waals surface area contributed by atoms with Crippen LogP contribution < -0.4 is 0 Å². The molecule has 0 saturated carbocycles. The van der Waals surface area contributed by atoms with Gasteiger partial charge in [0.05, 0.1) is 23.7 Å². The van der Waals surface area contributed by atoms with Gasteiger partial charge in [-0.05, 0) is 0 Å². The molecule has 4 unspecified atom stereocenters. The molecule has 2 rings (SSSR count). The van der Waals surface area contributed by atoms with Crippen molar-refractivity contribution in [3.05, 3.63) is 0 Å². The third-order valence-corrected chi connectivity index (χ3v) is 6.16. The van der Waals surface area contributed by atoms with Crippen LogP contribution >= 0.6 is 0 Å². The summed E-state index contributed by atoms with van der Waals surface area (Å²) in [6.07, 6.45) is -0.637. The van der Waals surface area contributed by atoms with E-state index in [1.54, 1.807) is 13.8 Å². The molecule has 0 aromatic rings. The Bertz CT molecular complexity index is 448. The molecule has 100 valence electrons. The van der Waals surface area contributed by atoms with E-state index in [-0.39, 0.29) is 23.3 Å². The maximum Gasteiger partial charge on any atom is 0.267 e. The molecule has 2 saturated heterocycles. The highest BCUT2D eigenvalue weighted by molar-refractivity contribution is 7.87. The predicted octanol–water partition coefficient (Wildman–Crippen LogP) is 0.106. The van der Waals surface area contributed by atoms with Gasteiger partial charge < -0.3 is 0 Å². The Labute approximate surface area is 102 Å². The molecule has 4 atom stereocenters. The Balaban J connectivity index is 2.04. The summed E-state index contributed by atoms with van der Waals surface area (Å²) in [5.74, 6) is -0.268. The van der Waals surface area contributed by atoms with Gasteiger partial charge in [-0.2, -0.15) is 16.8 Å². The van der Waals surface area contributed by atoms with E-state index in [0.29, 0.717) is 6.42 Å². The van der Waals surface area contributed by atoms with Gasteiger partial charge in [0.1, 0.15) is 0 Å². The molecule has 0 aromatic heterocycles. The molecule has 2 heterocycles. The molecular weight excluding hydrogens is 268 g/mol. The van der Waals surface area contributed by atoms with Crippen molar-refractivity contribution < 1.29 is 25.2 Å². The van der Waals surface area contributed by atoms with Crippen LogP contribution in [-0.2, 0) is 28.6 Å². The molecule has 2 aliphatic rings. The van der Waals surface area contributed by atoms with Gasteiger partial charge in [-0.3, -0.25) is 8.37 Å². The van der Waals surface area contributed by atoms with Crippen LogP contribution in [0.4, 0.5) is 0 Å². The normalized spacial score (nSPS) is 43.9. The van der Waals surface area contributed by atoms with E-state index < -0.39 is 32.4 Å². The number of hydrogen-bond acceptors (Lipinski definition) is 6. The van der Waals surface area contributed by atoms with Gasteiger partial charge in [0.2, 0.25) is 0 Å². The smallest absolute Gasteiger partial charge is 0.266 e. The lowest BCUT2D eigenvalue weighted by molar-refractivity contribution is 0.100.